The molecule has 0 saturated carbocycles. The maximum atomic E-state index is 12.7. The van der Waals surface area contributed by atoms with Gasteiger partial charge in [0.25, 0.3) is 0 Å². The van der Waals surface area contributed by atoms with Crippen LogP contribution in [0, 0.1) is 0 Å². The molecule has 0 rings (SSSR count). The summed E-state index contributed by atoms with van der Waals surface area (Å²) < 4.78 is 11.4. The van der Waals surface area contributed by atoms with Crippen LogP contribution >= 0.6 is 0 Å². The molecule has 0 radical (unpaired) electrons. The van der Waals surface area contributed by atoms with Gasteiger partial charge in [-0.25, -0.2) is 0 Å². The van der Waals surface area contributed by atoms with Crippen LogP contribution in [0.2, 0.25) is 0 Å². The Bertz CT molecular complexity index is 713. The van der Waals surface area contributed by atoms with E-state index < -0.39 is 0 Å². The Morgan fingerprint density at radius 1 is 0.490 bits per heavy atom. The van der Waals surface area contributed by atoms with Gasteiger partial charge >= 0.3 is 11.9 Å². The highest BCUT2D eigenvalue weighted by molar-refractivity contribution is 5.69. The quantitative estimate of drug-likeness (QED) is 0.0500. The Balaban J connectivity index is 4.03. The number of rotatable bonds is 41. The molecule has 6 heteroatoms. The summed E-state index contributed by atoms with van der Waals surface area (Å²) in [7, 11) is 0. The number of nitrogens with zero attached hydrogens (tertiary/aromatic N) is 1. The molecule has 0 aromatic carbocycles. The van der Waals surface area contributed by atoms with Crippen molar-refractivity contribution in [1.82, 2.24) is 4.90 Å². The van der Waals surface area contributed by atoms with Crippen LogP contribution in [-0.2, 0) is 19.1 Å². The number of hydrogen-bond donors (Lipinski definition) is 1. The molecule has 0 bridgehead atoms. The van der Waals surface area contributed by atoms with Gasteiger partial charge in [0.05, 0.1) is 12.7 Å². The minimum atomic E-state index is -0.311. The van der Waals surface area contributed by atoms with Crippen molar-refractivity contribution < 1.29 is 24.2 Å². The molecular formula is C45H89NO5. The molecule has 0 aliphatic carbocycles. The van der Waals surface area contributed by atoms with Gasteiger partial charge in [-0.2, -0.15) is 0 Å². The molecular weight excluding hydrogens is 634 g/mol. The predicted octanol–water partition coefficient (Wildman–Crippen LogP) is 13.1. The van der Waals surface area contributed by atoms with Crippen LogP contribution < -0.4 is 0 Å². The van der Waals surface area contributed by atoms with E-state index in [9.17, 15) is 14.7 Å². The first-order valence-electron chi connectivity index (χ1n) is 22.7. The van der Waals surface area contributed by atoms with Crippen LogP contribution in [0.25, 0.3) is 0 Å². The molecule has 0 fully saturated rings. The van der Waals surface area contributed by atoms with Crippen molar-refractivity contribution in [2.45, 2.75) is 252 Å². The highest BCUT2D eigenvalue weighted by Crippen LogP contribution is 2.18. The van der Waals surface area contributed by atoms with E-state index in [2.05, 4.69) is 25.7 Å². The molecule has 0 aromatic rings. The zero-order valence-corrected chi connectivity index (χ0v) is 34.8. The van der Waals surface area contributed by atoms with Crippen molar-refractivity contribution >= 4 is 11.9 Å². The second kappa shape index (κ2) is 40.1. The Hall–Kier alpha value is -1.14. The van der Waals surface area contributed by atoms with E-state index in [1.165, 1.54) is 122 Å². The molecule has 0 spiro atoms. The summed E-state index contributed by atoms with van der Waals surface area (Å²) in [4.78, 5) is 27.1. The predicted molar refractivity (Wildman–Crippen MR) is 218 cm³/mol. The van der Waals surface area contributed by atoms with Gasteiger partial charge in [0.15, 0.2) is 0 Å². The molecule has 0 heterocycles. The average Bonchev–Trinajstić information content (AvgIpc) is 3.10. The van der Waals surface area contributed by atoms with Gasteiger partial charge in [0, 0.05) is 19.4 Å². The second-order valence-corrected chi connectivity index (χ2v) is 15.8. The molecule has 1 N–H and O–H groups in total. The second-order valence-electron chi connectivity index (χ2n) is 15.8. The number of carbonyl (C=O) groups excluding carboxylic acids is 2. The third kappa shape index (κ3) is 38.4. The van der Waals surface area contributed by atoms with Gasteiger partial charge in [-0.15, -0.1) is 0 Å². The lowest BCUT2D eigenvalue weighted by Gasteiger charge is -2.23. The van der Waals surface area contributed by atoms with E-state index in [1.807, 2.05) is 6.92 Å². The molecule has 0 aromatic heterocycles. The minimum Gasteiger partial charge on any atom is -0.466 e. The molecule has 0 saturated heterocycles. The van der Waals surface area contributed by atoms with E-state index >= 15 is 0 Å². The van der Waals surface area contributed by atoms with Gasteiger partial charge in [-0.1, -0.05) is 162 Å². The van der Waals surface area contributed by atoms with Crippen LogP contribution in [0.15, 0.2) is 0 Å². The first-order valence-corrected chi connectivity index (χ1v) is 22.7. The van der Waals surface area contributed by atoms with Gasteiger partial charge in [0.2, 0.25) is 0 Å². The molecule has 0 aliphatic rings. The van der Waals surface area contributed by atoms with Gasteiger partial charge in [0.1, 0.15) is 6.10 Å². The van der Waals surface area contributed by atoms with E-state index in [-0.39, 0.29) is 24.1 Å². The van der Waals surface area contributed by atoms with E-state index in [4.69, 9.17) is 9.47 Å². The van der Waals surface area contributed by atoms with Gasteiger partial charge < -0.3 is 19.5 Å². The van der Waals surface area contributed by atoms with Crippen molar-refractivity contribution in [3.05, 3.63) is 0 Å². The standard InChI is InChI=1S/C45H89NO5/c1-5-8-11-14-17-26-33-40-50-44(48)36-29-22-18-24-31-38-46(41-42(4)47)39-32-25-19-23-30-37-45(49)51-43(34-27-20-15-12-9-6-2)35-28-21-16-13-10-7-3/h42-43,47H,5-41H2,1-4H3/t42-/m0/s1. The summed E-state index contributed by atoms with van der Waals surface area (Å²) in [6.07, 6.45) is 37.9. The number of ether oxygens (including phenoxy) is 2. The number of carbonyl (C=O) groups is 2. The van der Waals surface area contributed by atoms with Crippen molar-refractivity contribution in [2.75, 3.05) is 26.2 Å². The Kier molecular flexibility index (Phi) is 39.2. The highest BCUT2D eigenvalue weighted by Gasteiger charge is 2.14. The van der Waals surface area contributed by atoms with E-state index in [0.29, 0.717) is 19.4 Å². The van der Waals surface area contributed by atoms with Crippen molar-refractivity contribution in [2.24, 2.45) is 0 Å². The Morgan fingerprint density at radius 3 is 1.31 bits per heavy atom. The van der Waals surface area contributed by atoms with Crippen molar-refractivity contribution in [3.63, 3.8) is 0 Å². The number of aliphatic hydroxyl groups excluding tert-OH is 1. The lowest BCUT2D eigenvalue weighted by Crippen LogP contribution is -2.32. The first-order chi connectivity index (χ1) is 24.9. The summed E-state index contributed by atoms with van der Waals surface area (Å²) in [5, 5.41) is 10.0. The molecule has 0 aliphatic heterocycles. The number of aliphatic hydroxyl groups is 1. The van der Waals surface area contributed by atoms with Crippen LogP contribution in [0.3, 0.4) is 0 Å². The first kappa shape index (κ1) is 49.9. The topological polar surface area (TPSA) is 76.1 Å². The summed E-state index contributed by atoms with van der Waals surface area (Å²) in [6.45, 7) is 12.0. The number of unbranched alkanes of at least 4 members (excludes halogenated alkanes) is 24. The fourth-order valence-electron chi connectivity index (χ4n) is 7.07. The van der Waals surface area contributed by atoms with Crippen LogP contribution in [-0.4, -0.2) is 60.4 Å². The molecule has 1 atom stereocenters. The Morgan fingerprint density at radius 2 is 0.863 bits per heavy atom. The highest BCUT2D eigenvalue weighted by atomic mass is 16.5. The van der Waals surface area contributed by atoms with Crippen LogP contribution in [0.5, 0.6) is 0 Å². The average molecular weight is 724 g/mol. The van der Waals surface area contributed by atoms with Crippen molar-refractivity contribution in [3.8, 4) is 0 Å². The maximum Gasteiger partial charge on any atom is 0.306 e. The van der Waals surface area contributed by atoms with Crippen LogP contribution in [0.4, 0.5) is 0 Å². The SMILES string of the molecule is CCCCCCCCCOC(=O)CCCCCCCN(CCCCCCCC(=O)OC(CCCCCCCC)CCCCCCCC)C[C@H](C)O. The number of esters is 2. The summed E-state index contributed by atoms with van der Waals surface area (Å²) in [5.74, 6) is -0.0194. The number of hydrogen-bond acceptors (Lipinski definition) is 6. The minimum absolute atomic E-state index is 0.0128. The fourth-order valence-corrected chi connectivity index (χ4v) is 7.07. The molecule has 6 nitrogen and oxygen atoms in total. The maximum absolute atomic E-state index is 12.7. The normalized spacial score (nSPS) is 12.2. The largest absolute Gasteiger partial charge is 0.466 e. The summed E-state index contributed by atoms with van der Waals surface area (Å²) >= 11 is 0. The third-order valence-corrected chi connectivity index (χ3v) is 10.3. The van der Waals surface area contributed by atoms with E-state index in [0.717, 1.165) is 96.7 Å². The summed E-state index contributed by atoms with van der Waals surface area (Å²) in [6, 6.07) is 0. The van der Waals surface area contributed by atoms with Gasteiger partial charge in [-0.3, -0.25) is 9.59 Å². The molecule has 51 heavy (non-hydrogen) atoms. The fraction of sp³-hybridized carbons (Fsp3) is 0.956. The zero-order valence-electron chi connectivity index (χ0n) is 34.8. The van der Waals surface area contributed by atoms with Gasteiger partial charge in [-0.05, 0) is 77.8 Å². The van der Waals surface area contributed by atoms with Crippen LogP contribution in [0.1, 0.15) is 240 Å². The zero-order chi connectivity index (χ0) is 37.5. The van der Waals surface area contributed by atoms with Crippen molar-refractivity contribution in [1.29, 1.82) is 0 Å². The molecule has 304 valence electrons. The molecule has 0 unspecified atom stereocenters. The molecule has 0 amide bonds. The lowest BCUT2D eigenvalue weighted by atomic mass is 10.0. The monoisotopic (exact) mass is 724 g/mol. The lowest BCUT2D eigenvalue weighted by molar-refractivity contribution is -0.150. The third-order valence-electron chi connectivity index (χ3n) is 10.3. The summed E-state index contributed by atoms with van der Waals surface area (Å²) in [5.41, 5.74) is 0. The van der Waals surface area contributed by atoms with E-state index in [1.54, 1.807) is 0 Å². The Labute approximate surface area is 318 Å². The smallest absolute Gasteiger partial charge is 0.306 e.